The molecule has 1 aliphatic rings. The summed E-state index contributed by atoms with van der Waals surface area (Å²) in [5, 5.41) is 51.1. The first-order valence-corrected chi connectivity index (χ1v) is 17.2. The molecule has 0 amide bonds. The van der Waals surface area contributed by atoms with Crippen LogP contribution in [0, 0.1) is 11.8 Å². The van der Waals surface area contributed by atoms with Crippen molar-refractivity contribution in [2.24, 2.45) is 11.8 Å². The minimum Gasteiger partial charge on any atom is -0.481 e. The zero-order chi connectivity index (χ0) is 35.0. The third-order valence-electron chi connectivity index (χ3n) is 7.96. The van der Waals surface area contributed by atoms with Crippen molar-refractivity contribution in [2.45, 2.75) is 167 Å². The lowest BCUT2D eigenvalue weighted by Gasteiger charge is -2.24. The van der Waals surface area contributed by atoms with Gasteiger partial charge in [0, 0.05) is 25.7 Å². The second-order valence-corrected chi connectivity index (χ2v) is 12.1. The molecule has 0 radical (unpaired) electrons. The molecule has 0 spiro atoms. The third kappa shape index (κ3) is 33.7. The van der Waals surface area contributed by atoms with Crippen LogP contribution < -0.4 is 0 Å². The summed E-state index contributed by atoms with van der Waals surface area (Å²) in [7, 11) is 0. The van der Waals surface area contributed by atoms with Crippen molar-refractivity contribution < 1.29 is 59.4 Å². The maximum atomic E-state index is 10.6. The largest absolute Gasteiger partial charge is 0.481 e. The van der Waals surface area contributed by atoms with Gasteiger partial charge in [0.1, 0.15) is 0 Å². The fourth-order valence-electron chi connectivity index (χ4n) is 5.30. The molecule has 0 unspecified atom stereocenters. The Hall–Kier alpha value is -3.18. The van der Waals surface area contributed by atoms with E-state index in [1.165, 1.54) is 25.7 Å². The summed E-state index contributed by atoms with van der Waals surface area (Å²) in [5.74, 6) is -6.10. The molecule has 0 aliphatic heterocycles. The van der Waals surface area contributed by atoms with Gasteiger partial charge in [-0.1, -0.05) is 103 Å². The SMILES string of the molecule is O=C(O)CCCCCCCCCCC(=O)O.O=C(O)CCCCCCCCCCCCC(=O)O.O=C(O)[C@H]1CCCC[C@@H]1C(=O)O. The van der Waals surface area contributed by atoms with Crippen LogP contribution in [0.15, 0.2) is 0 Å². The second kappa shape index (κ2) is 31.8. The maximum Gasteiger partial charge on any atom is 0.307 e. The molecule has 0 aromatic heterocycles. The highest BCUT2D eigenvalue weighted by Crippen LogP contribution is 2.30. The minimum absolute atomic E-state index is 0.276. The predicted molar refractivity (Wildman–Crippen MR) is 173 cm³/mol. The van der Waals surface area contributed by atoms with Crippen LogP contribution >= 0.6 is 0 Å². The van der Waals surface area contributed by atoms with Crippen molar-refractivity contribution in [3.63, 3.8) is 0 Å². The number of rotatable bonds is 26. The number of hydrogen-bond acceptors (Lipinski definition) is 6. The van der Waals surface area contributed by atoms with Crippen molar-refractivity contribution in [2.75, 3.05) is 0 Å². The van der Waals surface area contributed by atoms with Crippen molar-refractivity contribution in [3.8, 4) is 0 Å². The molecule has 1 fully saturated rings. The van der Waals surface area contributed by atoms with E-state index in [4.69, 9.17) is 30.6 Å². The lowest BCUT2D eigenvalue weighted by molar-refractivity contribution is -0.155. The van der Waals surface area contributed by atoms with Crippen molar-refractivity contribution in [1.82, 2.24) is 0 Å². The van der Waals surface area contributed by atoms with Gasteiger partial charge >= 0.3 is 35.8 Å². The highest BCUT2D eigenvalue weighted by Gasteiger charge is 2.35. The van der Waals surface area contributed by atoms with Crippen molar-refractivity contribution >= 4 is 35.8 Å². The van der Waals surface area contributed by atoms with E-state index in [-0.39, 0.29) is 12.8 Å². The molecule has 0 bridgehead atoms. The predicted octanol–water partition coefficient (Wildman–Crippen LogP) is 7.86. The van der Waals surface area contributed by atoms with Crippen molar-refractivity contribution in [1.29, 1.82) is 0 Å². The first-order chi connectivity index (χ1) is 21.9. The number of hydrogen-bond donors (Lipinski definition) is 6. The molecule has 268 valence electrons. The third-order valence-corrected chi connectivity index (χ3v) is 7.96. The quantitative estimate of drug-likeness (QED) is 0.0488. The topological polar surface area (TPSA) is 224 Å². The summed E-state index contributed by atoms with van der Waals surface area (Å²) in [4.78, 5) is 62.2. The molecule has 0 heterocycles. The number of unbranched alkanes of at least 4 members (excludes halogenated alkanes) is 16. The minimum atomic E-state index is -0.970. The van der Waals surface area contributed by atoms with Crippen LogP contribution in [0.1, 0.15) is 167 Å². The Labute approximate surface area is 274 Å². The standard InChI is InChI=1S/C14H26O4.C12H22O4.C8H12O4/c15-13(16)11-9-7-5-3-1-2-4-6-8-10-12-14(17)18;13-11(14)9-7-5-3-1-2-4-6-8-10-12(15)16;9-7(10)5-3-1-2-4-6(5)8(11)12/h1-12H2,(H,15,16)(H,17,18);1-10H2,(H,13,14)(H,15,16);5-6H,1-4H2,(H,9,10)(H,11,12)/t;;5-,6-/m..0/s1. The van der Waals surface area contributed by atoms with Crippen LogP contribution in [0.3, 0.4) is 0 Å². The van der Waals surface area contributed by atoms with E-state index < -0.39 is 47.7 Å². The van der Waals surface area contributed by atoms with Gasteiger partial charge in [0.15, 0.2) is 0 Å². The van der Waals surface area contributed by atoms with Gasteiger partial charge in [-0.25, -0.2) is 0 Å². The molecule has 2 atom stereocenters. The molecule has 12 heteroatoms. The molecular weight excluding hydrogens is 600 g/mol. The normalized spacial score (nSPS) is 15.4. The summed E-state index contributed by atoms with van der Waals surface area (Å²) in [6.45, 7) is 0. The van der Waals surface area contributed by atoms with Gasteiger partial charge in [0.05, 0.1) is 11.8 Å². The molecule has 1 aliphatic carbocycles. The lowest BCUT2D eigenvalue weighted by Crippen LogP contribution is -2.32. The molecule has 6 N–H and O–H groups in total. The van der Waals surface area contributed by atoms with Gasteiger partial charge in [-0.3, -0.25) is 28.8 Å². The average molecular weight is 661 g/mol. The Morgan fingerprint density at radius 3 is 0.652 bits per heavy atom. The van der Waals surface area contributed by atoms with Crippen LogP contribution in [-0.2, 0) is 28.8 Å². The van der Waals surface area contributed by atoms with Crippen molar-refractivity contribution in [3.05, 3.63) is 0 Å². The fraction of sp³-hybridized carbons (Fsp3) is 0.824. The van der Waals surface area contributed by atoms with Crippen LogP contribution in [0.4, 0.5) is 0 Å². The first-order valence-electron chi connectivity index (χ1n) is 17.2. The first kappa shape index (κ1) is 44.9. The zero-order valence-electron chi connectivity index (χ0n) is 27.7. The molecule has 46 heavy (non-hydrogen) atoms. The van der Waals surface area contributed by atoms with Gasteiger partial charge in [-0.15, -0.1) is 0 Å². The van der Waals surface area contributed by atoms with E-state index in [0.29, 0.717) is 25.7 Å². The van der Waals surface area contributed by atoms with Gasteiger partial charge in [-0.2, -0.15) is 0 Å². The van der Waals surface area contributed by atoms with E-state index in [0.717, 1.165) is 103 Å². The Morgan fingerprint density at radius 2 is 0.500 bits per heavy atom. The molecule has 0 aromatic carbocycles. The van der Waals surface area contributed by atoms with Crippen LogP contribution in [0.2, 0.25) is 0 Å². The van der Waals surface area contributed by atoms with Gasteiger partial charge < -0.3 is 30.6 Å². The molecule has 0 aromatic rings. The molecule has 0 saturated heterocycles. The van der Waals surface area contributed by atoms with E-state index in [1.807, 2.05) is 0 Å². The molecule has 12 nitrogen and oxygen atoms in total. The summed E-state index contributed by atoms with van der Waals surface area (Å²) >= 11 is 0. The smallest absolute Gasteiger partial charge is 0.307 e. The zero-order valence-corrected chi connectivity index (χ0v) is 27.7. The Morgan fingerprint density at radius 1 is 0.326 bits per heavy atom. The summed E-state index contributed by atoms with van der Waals surface area (Å²) in [6.07, 6.45) is 22.5. The summed E-state index contributed by atoms with van der Waals surface area (Å²) in [5.41, 5.74) is 0. The van der Waals surface area contributed by atoms with Gasteiger partial charge in [0.2, 0.25) is 0 Å². The lowest BCUT2D eigenvalue weighted by atomic mass is 9.79. The van der Waals surface area contributed by atoms with E-state index in [1.54, 1.807) is 0 Å². The number of aliphatic carboxylic acids is 6. The Bertz CT molecular complexity index is 774. The fourth-order valence-corrected chi connectivity index (χ4v) is 5.30. The Balaban J connectivity index is 0. The number of carbonyl (C=O) groups is 6. The molecule has 1 saturated carbocycles. The van der Waals surface area contributed by atoms with Gasteiger partial charge in [0.25, 0.3) is 0 Å². The summed E-state index contributed by atoms with van der Waals surface area (Å²) in [6, 6.07) is 0. The van der Waals surface area contributed by atoms with Crippen LogP contribution in [0.5, 0.6) is 0 Å². The Kier molecular flexibility index (Phi) is 31.1. The van der Waals surface area contributed by atoms with Crippen LogP contribution in [-0.4, -0.2) is 66.5 Å². The second-order valence-electron chi connectivity index (χ2n) is 12.1. The molecule has 1 rings (SSSR count). The maximum absolute atomic E-state index is 10.6. The monoisotopic (exact) mass is 660 g/mol. The van der Waals surface area contributed by atoms with Crippen LogP contribution in [0.25, 0.3) is 0 Å². The number of carboxylic acid groups (broad SMARTS) is 6. The molecular formula is C34H60O12. The van der Waals surface area contributed by atoms with E-state index >= 15 is 0 Å². The highest BCUT2D eigenvalue weighted by atomic mass is 16.4. The van der Waals surface area contributed by atoms with E-state index in [2.05, 4.69) is 0 Å². The van der Waals surface area contributed by atoms with Gasteiger partial charge in [-0.05, 0) is 38.5 Å². The summed E-state index contributed by atoms with van der Waals surface area (Å²) < 4.78 is 0. The average Bonchev–Trinajstić information content (AvgIpc) is 2.98. The number of carboxylic acids is 6. The van der Waals surface area contributed by atoms with E-state index in [9.17, 15) is 28.8 Å². The highest BCUT2D eigenvalue weighted by molar-refractivity contribution is 5.80.